The zero-order valence-electron chi connectivity index (χ0n) is 23.9. The fraction of sp³-hybridized carbons (Fsp3) is 0.394. The number of carbonyl (C=O) groups is 2. The lowest BCUT2D eigenvalue weighted by Crippen LogP contribution is -2.39. The molecule has 39 heavy (non-hydrogen) atoms. The molecule has 0 fully saturated rings. The van der Waals surface area contributed by atoms with E-state index in [1.165, 1.54) is 0 Å². The Balaban J connectivity index is 1.68. The second kappa shape index (κ2) is 13.2. The molecule has 0 saturated carbocycles. The van der Waals surface area contributed by atoms with Gasteiger partial charge in [-0.15, -0.1) is 0 Å². The Bertz CT molecular complexity index is 1260. The molecule has 0 saturated heterocycles. The molecular formula is C33H40ClNO4. The van der Waals surface area contributed by atoms with E-state index < -0.39 is 11.6 Å². The molecule has 208 valence electrons. The van der Waals surface area contributed by atoms with Crippen molar-refractivity contribution in [1.82, 2.24) is 4.90 Å². The lowest BCUT2D eigenvalue weighted by atomic mass is 9.86. The van der Waals surface area contributed by atoms with Crippen LogP contribution in [0.3, 0.4) is 0 Å². The summed E-state index contributed by atoms with van der Waals surface area (Å²) in [5, 5.41) is 0.614. The lowest BCUT2D eigenvalue weighted by molar-refractivity contribution is -0.155. The molecule has 0 atom stereocenters. The molecule has 0 aliphatic heterocycles. The number of nitrogens with zero attached hydrogens (tertiary/aromatic N) is 1. The van der Waals surface area contributed by atoms with Crippen LogP contribution < -0.4 is 4.74 Å². The fourth-order valence-corrected chi connectivity index (χ4v) is 4.37. The molecule has 0 spiro atoms. The van der Waals surface area contributed by atoms with Crippen LogP contribution in [0.1, 0.15) is 75.0 Å². The average molecular weight is 550 g/mol. The number of aryl methyl sites for hydroxylation is 1. The van der Waals surface area contributed by atoms with Crippen molar-refractivity contribution in [3.05, 3.63) is 100 Å². The Kier molecular flexibility index (Phi) is 10.2. The Hall–Kier alpha value is -3.31. The molecule has 0 aliphatic rings. The van der Waals surface area contributed by atoms with Crippen LogP contribution in [0, 0.1) is 0 Å². The maximum atomic E-state index is 13.5. The normalized spacial score (nSPS) is 11.7. The minimum atomic E-state index is -0.629. The Morgan fingerprint density at radius 1 is 0.872 bits per heavy atom. The molecule has 3 aromatic carbocycles. The summed E-state index contributed by atoms with van der Waals surface area (Å²) in [6.45, 7) is 12.5. The minimum Gasteiger partial charge on any atom is -0.489 e. The van der Waals surface area contributed by atoms with Gasteiger partial charge in [0.05, 0.1) is 0 Å². The first-order chi connectivity index (χ1) is 18.3. The van der Waals surface area contributed by atoms with E-state index in [-0.39, 0.29) is 17.9 Å². The Morgan fingerprint density at radius 3 is 2.23 bits per heavy atom. The van der Waals surface area contributed by atoms with Gasteiger partial charge in [0.1, 0.15) is 24.5 Å². The molecule has 5 nitrogen and oxygen atoms in total. The highest BCUT2D eigenvalue weighted by Gasteiger charge is 2.24. The van der Waals surface area contributed by atoms with E-state index >= 15 is 0 Å². The quantitative estimate of drug-likeness (QED) is 0.244. The maximum Gasteiger partial charge on any atom is 0.326 e. The summed E-state index contributed by atoms with van der Waals surface area (Å²) in [6.07, 6.45) is 1.29. The number of benzene rings is 3. The summed E-state index contributed by atoms with van der Waals surface area (Å²) in [4.78, 5) is 27.8. The monoisotopic (exact) mass is 549 g/mol. The topological polar surface area (TPSA) is 55.8 Å². The first-order valence-electron chi connectivity index (χ1n) is 13.4. The van der Waals surface area contributed by atoms with Gasteiger partial charge < -0.3 is 14.4 Å². The molecule has 0 N–H and O–H groups in total. The standard InChI is InChI=1S/C33H40ClNO4/c1-32(2,3)27-16-10-14-26(20-27)31(37)35(22-30(36)39-33(4,5)6)19-11-15-25-17-18-28(21-29(25)34)38-23-24-12-8-7-9-13-24/h7-10,12-14,16-18,20-21H,11,15,19,22-23H2,1-6H3. The SMILES string of the molecule is CC(C)(C)OC(=O)CN(CCCc1ccc(OCc2ccccc2)cc1Cl)C(=O)c1cccc(C(C)(C)C)c1. The van der Waals surface area contributed by atoms with Gasteiger partial charge in [-0.1, -0.05) is 80.9 Å². The number of halogens is 1. The first kappa shape index (κ1) is 30.2. The molecule has 0 aliphatic carbocycles. The molecule has 3 rings (SSSR count). The molecular weight excluding hydrogens is 510 g/mol. The van der Waals surface area contributed by atoms with Crippen LogP contribution in [0.15, 0.2) is 72.8 Å². The van der Waals surface area contributed by atoms with E-state index in [1.807, 2.05) is 87.5 Å². The van der Waals surface area contributed by atoms with E-state index in [0.717, 1.165) is 16.7 Å². The zero-order valence-corrected chi connectivity index (χ0v) is 24.7. The van der Waals surface area contributed by atoms with Gasteiger partial charge in [-0.2, -0.15) is 0 Å². The number of amides is 1. The molecule has 0 bridgehead atoms. The van der Waals surface area contributed by atoms with Gasteiger partial charge in [0, 0.05) is 17.1 Å². The number of carbonyl (C=O) groups excluding carboxylic acids is 2. The van der Waals surface area contributed by atoms with Gasteiger partial charge in [-0.25, -0.2) is 0 Å². The van der Waals surface area contributed by atoms with Crippen molar-refractivity contribution in [2.24, 2.45) is 0 Å². The summed E-state index contributed by atoms with van der Waals surface area (Å²) in [5.41, 5.74) is 2.94. The third-order valence-electron chi connectivity index (χ3n) is 6.15. The van der Waals surface area contributed by atoms with E-state index in [4.69, 9.17) is 21.1 Å². The van der Waals surface area contributed by atoms with E-state index in [9.17, 15) is 9.59 Å². The highest BCUT2D eigenvalue weighted by molar-refractivity contribution is 6.31. The van der Waals surface area contributed by atoms with Crippen LogP contribution in [0.25, 0.3) is 0 Å². The minimum absolute atomic E-state index is 0.0972. The van der Waals surface area contributed by atoms with Gasteiger partial charge in [-0.3, -0.25) is 9.59 Å². The van der Waals surface area contributed by atoms with Crippen molar-refractivity contribution < 1.29 is 19.1 Å². The molecule has 0 radical (unpaired) electrons. The summed E-state index contributed by atoms with van der Waals surface area (Å²) < 4.78 is 11.4. The molecule has 0 heterocycles. The van der Waals surface area contributed by atoms with Gasteiger partial charge in [-0.05, 0) is 80.0 Å². The zero-order chi connectivity index (χ0) is 28.6. The molecule has 3 aromatic rings. The van der Waals surface area contributed by atoms with Crippen LogP contribution in [-0.2, 0) is 28.0 Å². The van der Waals surface area contributed by atoms with E-state index in [2.05, 4.69) is 20.8 Å². The largest absolute Gasteiger partial charge is 0.489 e. The van der Waals surface area contributed by atoms with Crippen molar-refractivity contribution in [3.8, 4) is 5.75 Å². The summed E-state index contributed by atoms with van der Waals surface area (Å²) in [6, 6.07) is 23.3. The third-order valence-corrected chi connectivity index (χ3v) is 6.50. The van der Waals surface area contributed by atoms with Gasteiger partial charge in [0.25, 0.3) is 5.91 Å². The highest BCUT2D eigenvalue weighted by atomic mass is 35.5. The number of ether oxygens (including phenoxy) is 2. The van der Waals surface area contributed by atoms with Gasteiger partial charge in [0.15, 0.2) is 0 Å². The van der Waals surface area contributed by atoms with Crippen molar-refractivity contribution in [2.75, 3.05) is 13.1 Å². The number of rotatable bonds is 10. The first-order valence-corrected chi connectivity index (χ1v) is 13.8. The van der Waals surface area contributed by atoms with E-state index in [1.54, 1.807) is 11.0 Å². The number of hydrogen-bond acceptors (Lipinski definition) is 4. The van der Waals surface area contributed by atoms with E-state index in [0.29, 0.717) is 42.3 Å². The molecule has 1 amide bonds. The number of hydrogen-bond donors (Lipinski definition) is 0. The van der Waals surface area contributed by atoms with Crippen LogP contribution in [0.5, 0.6) is 5.75 Å². The van der Waals surface area contributed by atoms with Crippen LogP contribution in [0.4, 0.5) is 0 Å². The lowest BCUT2D eigenvalue weighted by Gasteiger charge is -2.26. The van der Waals surface area contributed by atoms with Crippen molar-refractivity contribution in [3.63, 3.8) is 0 Å². The third kappa shape index (κ3) is 9.74. The Labute approximate surface area is 238 Å². The second-order valence-electron chi connectivity index (χ2n) is 11.8. The number of esters is 1. The van der Waals surface area contributed by atoms with Crippen molar-refractivity contribution >= 4 is 23.5 Å². The summed E-state index contributed by atoms with van der Waals surface area (Å²) in [5.74, 6) is 0.0801. The van der Waals surface area contributed by atoms with Crippen molar-refractivity contribution in [1.29, 1.82) is 0 Å². The van der Waals surface area contributed by atoms with Crippen LogP contribution in [-0.4, -0.2) is 35.5 Å². The smallest absolute Gasteiger partial charge is 0.326 e. The second-order valence-corrected chi connectivity index (χ2v) is 12.2. The predicted molar refractivity (Wildman–Crippen MR) is 157 cm³/mol. The highest BCUT2D eigenvalue weighted by Crippen LogP contribution is 2.26. The van der Waals surface area contributed by atoms with Crippen molar-refractivity contribution in [2.45, 2.75) is 72.0 Å². The molecule has 0 unspecified atom stereocenters. The molecule has 6 heteroatoms. The van der Waals surface area contributed by atoms with Crippen LogP contribution >= 0.6 is 11.6 Å². The summed E-state index contributed by atoms with van der Waals surface area (Å²) in [7, 11) is 0. The fourth-order valence-electron chi connectivity index (χ4n) is 4.11. The average Bonchev–Trinajstić information content (AvgIpc) is 2.86. The van der Waals surface area contributed by atoms with Crippen LogP contribution in [0.2, 0.25) is 5.02 Å². The predicted octanol–water partition coefficient (Wildman–Crippen LogP) is 7.63. The molecule has 0 aromatic heterocycles. The summed E-state index contributed by atoms with van der Waals surface area (Å²) >= 11 is 6.57. The van der Waals surface area contributed by atoms with Gasteiger partial charge in [0.2, 0.25) is 0 Å². The van der Waals surface area contributed by atoms with Gasteiger partial charge >= 0.3 is 5.97 Å². The maximum absolute atomic E-state index is 13.5. The Morgan fingerprint density at radius 2 is 1.59 bits per heavy atom.